The number of carboxylic acids is 1. The first-order valence-corrected chi connectivity index (χ1v) is 7.23. The molecule has 1 aromatic carbocycles. The van der Waals surface area contributed by atoms with Crippen molar-refractivity contribution in [1.82, 2.24) is 10.2 Å². The number of nitrogens with one attached hydrogen (secondary N) is 1. The molecule has 0 saturated carbocycles. The molecule has 114 valence electrons. The van der Waals surface area contributed by atoms with E-state index in [9.17, 15) is 14.7 Å². The maximum Gasteiger partial charge on any atom is 0.327 e. The van der Waals surface area contributed by atoms with Gasteiger partial charge in [0.25, 0.3) is 0 Å². The highest BCUT2D eigenvalue weighted by Crippen LogP contribution is 2.35. The van der Waals surface area contributed by atoms with E-state index in [2.05, 4.69) is 5.32 Å². The highest BCUT2D eigenvalue weighted by Gasteiger charge is 2.44. The van der Waals surface area contributed by atoms with E-state index in [0.717, 1.165) is 18.4 Å². The Morgan fingerprint density at radius 1 is 1.33 bits per heavy atom. The maximum atomic E-state index is 12.3. The van der Waals surface area contributed by atoms with Crippen molar-refractivity contribution in [2.75, 3.05) is 6.54 Å². The van der Waals surface area contributed by atoms with Crippen LogP contribution in [-0.2, 0) is 11.3 Å². The summed E-state index contributed by atoms with van der Waals surface area (Å²) in [5.74, 6) is -0.936. The van der Waals surface area contributed by atoms with E-state index in [4.69, 9.17) is 0 Å². The van der Waals surface area contributed by atoms with Gasteiger partial charge >= 0.3 is 12.0 Å². The molecule has 1 aliphatic rings. The van der Waals surface area contributed by atoms with E-state index < -0.39 is 17.4 Å². The molecule has 0 aromatic heterocycles. The third kappa shape index (κ3) is 3.54. The molecule has 1 heterocycles. The Hall–Kier alpha value is -2.04. The smallest absolute Gasteiger partial charge is 0.327 e. The first-order chi connectivity index (χ1) is 9.92. The van der Waals surface area contributed by atoms with Crippen LogP contribution in [0.25, 0.3) is 0 Å². The van der Waals surface area contributed by atoms with Crippen LogP contribution in [-0.4, -0.2) is 34.6 Å². The van der Waals surface area contributed by atoms with Gasteiger partial charge in [0.05, 0.1) is 0 Å². The van der Waals surface area contributed by atoms with E-state index in [-0.39, 0.29) is 6.03 Å². The molecule has 1 unspecified atom stereocenters. The number of carboxylic acid groups (broad SMARTS) is 1. The van der Waals surface area contributed by atoms with Gasteiger partial charge in [-0.15, -0.1) is 0 Å². The molecule has 1 atom stereocenters. The minimum Gasteiger partial charge on any atom is -0.480 e. The highest BCUT2D eigenvalue weighted by molar-refractivity contribution is 5.83. The van der Waals surface area contributed by atoms with Crippen LogP contribution in [0, 0.1) is 5.41 Å². The molecule has 1 saturated heterocycles. The minimum atomic E-state index is -0.936. The largest absolute Gasteiger partial charge is 0.480 e. The van der Waals surface area contributed by atoms with Crippen LogP contribution in [0.3, 0.4) is 0 Å². The van der Waals surface area contributed by atoms with Gasteiger partial charge in [-0.1, -0.05) is 44.2 Å². The maximum absolute atomic E-state index is 12.3. The molecule has 0 bridgehead atoms. The van der Waals surface area contributed by atoms with E-state index in [1.54, 1.807) is 0 Å². The topological polar surface area (TPSA) is 69.6 Å². The number of hydrogen-bond acceptors (Lipinski definition) is 2. The van der Waals surface area contributed by atoms with Gasteiger partial charge in [-0.05, 0) is 23.8 Å². The lowest BCUT2D eigenvalue weighted by molar-refractivity contribution is -0.148. The van der Waals surface area contributed by atoms with Gasteiger partial charge in [-0.3, -0.25) is 0 Å². The molecule has 21 heavy (non-hydrogen) atoms. The van der Waals surface area contributed by atoms with Crippen LogP contribution in [0.5, 0.6) is 0 Å². The number of amides is 2. The van der Waals surface area contributed by atoms with Crippen molar-refractivity contribution in [2.45, 2.75) is 39.3 Å². The van der Waals surface area contributed by atoms with Crippen molar-refractivity contribution in [3.05, 3.63) is 35.9 Å². The van der Waals surface area contributed by atoms with Crippen LogP contribution >= 0.6 is 0 Å². The monoisotopic (exact) mass is 290 g/mol. The molecule has 1 aliphatic heterocycles. The molecule has 5 nitrogen and oxygen atoms in total. The lowest BCUT2D eigenvalue weighted by Crippen LogP contribution is -2.58. The average Bonchev–Trinajstić information content (AvgIpc) is 2.44. The summed E-state index contributed by atoms with van der Waals surface area (Å²) >= 11 is 0. The van der Waals surface area contributed by atoms with Gasteiger partial charge in [-0.25, -0.2) is 9.59 Å². The molecule has 1 fully saturated rings. The second-order valence-electron chi connectivity index (χ2n) is 6.17. The molecule has 2 amide bonds. The van der Waals surface area contributed by atoms with Gasteiger partial charge < -0.3 is 15.3 Å². The molecule has 2 rings (SSSR count). The number of carbonyl (C=O) groups excluding carboxylic acids is 1. The third-order valence-corrected chi connectivity index (χ3v) is 4.05. The van der Waals surface area contributed by atoms with Crippen LogP contribution in [0.1, 0.15) is 32.3 Å². The number of carbonyl (C=O) groups is 2. The Kier molecular flexibility index (Phi) is 4.50. The summed E-state index contributed by atoms with van der Waals surface area (Å²) in [5, 5.41) is 12.3. The lowest BCUT2D eigenvalue weighted by atomic mass is 9.76. The second kappa shape index (κ2) is 6.16. The first kappa shape index (κ1) is 15.4. The number of nitrogens with zero attached hydrogens (tertiary/aromatic N) is 1. The zero-order chi connectivity index (χ0) is 15.5. The SMILES string of the molecule is CC1(C)CCCN(C(=O)NCc2ccccc2)C1C(=O)O. The van der Waals surface area contributed by atoms with Crippen molar-refractivity contribution in [2.24, 2.45) is 5.41 Å². The van der Waals surface area contributed by atoms with Gasteiger partial charge in [0.2, 0.25) is 0 Å². The zero-order valence-electron chi connectivity index (χ0n) is 12.5. The molecular formula is C16H22N2O3. The fraction of sp³-hybridized carbons (Fsp3) is 0.500. The lowest BCUT2D eigenvalue weighted by Gasteiger charge is -2.43. The Balaban J connectivity index is 2.04. The summed E-state index contributed by atoms with van der Waals surface area (Å²) in [5.41, 5.74) is 0.586. The summed E-state index contributed by atoms with van der Waals surface area (Å²) in [6, 6.07) is 8.50. The average molecular weight is 290 g/mol. The van der Waals surface area contributed by atoms with E-state index in [0.29, 0.717) is 13.1 Å². The molecule has 0 spiro atoms. The molecule has 5 heteroatoms. The Labute approximate surface area is 125 Å². The normalized spacial score (nSPS) is 20.9. The number of hydrogen-bond donors (Lipinski definition) is 2. The van der Waals surface area contributed by atoms with E-state index >= 15 is 0 Å². The zero-order valence-corrected chi connectivity index (χ0v) is 12.5. The fourth-order valence-electron chi connectivity index (χ4n) is 2.95. The number of piperidine rings is 1. The van der Waals surface area contributed by atoms with E-state index in [1.165, 1.54) is 4.90 Å². The van der Waals surface area contributed by atoms with Crippen molar-refractivity contribution in [1.29, 1.82) is 0 Å². The molecule has 0 aliphatic carbocycles. The van der Waals surface area contributed by atoms with Gasteiger partial charge in [0.15, 0.2) is 0 Å². The van der Waals surface area contributed by atoms with Gasteiger partial charge in [0.1, 0.15) is 6.04 Å². The number of rotatable bonds is 3. The van der Waals surface area contributed by atoms with Crippen molar-refractivity contribution in [3.63, 3.8) is 0 Å². The van der Waals surface area contributed by atoms with Crippen LogP contribution < -0.4 is 5.32 Å². The summed E-state index contributed by atoms with van der Waals surface area (Å²) in [6.45, 7) is 4.70. The Morgan fingerprint density at radius 3 is 2.62 bits per heavy atom. The van der Waals surface area contributed by atoms with Crippen LogP contribution in [0.2, 0.25) is 0 Å². The van der Waals surface area contributed by atoms with Crippen molar-refractivity contribution >= 4 is 12.0 Å². The van der Waals surface area contributed by atoms with Crippen LogP contribution in [0.4, 0.5) is 4.79 Å². The number of urea groups is 1. The van der Waals surface area contributed by atoms with Crippen molar-refractivity contribution < 1.29 is 14.7 Å². The Morgan fingerprint density at radius 2 is 2.00 bits per heavy atom. The summed E-state index contributed by atoms with van der Waals surface area (Å²) in [6.07, 6.45) is 1.64. The summed E-state index contributed by atoms with van der Waals surface area (Å²) in [4.78, 5) is 25.3. The molecular weight excluding hydrogens is 268 g/mol. The summed E-state index contributed by atoms with van der Waals surface area (Å²) < 4.78 is 0. The summed E-state index contributed by atoms with van der Waals surface area (Å²) in [7, 11) is 0. The first-order valence-electron chi connectivity index (χ1n) is 7.23. The molecule has 1 aromatic rings. The van der Waals surface area contributed by atoms with Gasteiger partial charge in [0, 0.05) is 13.1 Å². The Bertz CT molecular complexity index is 514. The number of benzene rings is 1. The quantitative estimate of drug-likeness (QED) is 0.898. The second-order valence-corrected chi connectivity index (χ2v) is 6.17. The predicted molar refractivity (Wildman–Crippen MR) is 79.8 cm³/mol. The molecule has 0 radical (unpaired) electrons. The third-order valence-electron chi connectivity index (χ3n) is 4.05. The standard InChI is InChI=1S/C16H22N2O3/c1-16(2)9-6-10-18(13(16)14(19)20)15(21)17-11-12-7-4-3-5-8-12/h3-5,7-8,13H,6,9-11H2,1-2H3,(H,17,21)(H,19,20). The van der Waals surface area contributed by atoms with Gasteiger partial charge in [-0.2, -0.15) is 0 Å². The minimum absolute atomic E-state index is 0.306. The van der Waals surface area contributed by atoms with Crippen molar-refractivity contribution in [3.8, 4) is 0 Å². The predicted octanol–water partition coefficient (Wildman–Crippen LogP) is 2.47. The number of likely N-dealkylation sites (tertiary alicyclic amines) is 1. The number of aliphatic carboxylic acids is 1. The molecule has 2 N–H and O–H groups in total. The van der Waals surface area contributed by atoms with E-state index in [1.807, 2.05) is 44.2 Å². The highest BCUT2D eigenvalue weighted by atomic mass is 16.4. The van der Waals surface area contributed by atoms with Crippen LogP contribution in [0.15, 0.2) is 30.3 Å². The fourth-order valence-corrected chi connectivity index (χ4v) is 2.95.